The molecule has 2 N–H and O–H groups in total. The predicted molar refractivity (Wildman–Crippen MR) is 110 cm³/mol. The highest BCUT2D eigenvalue weighted by atomic mass is 79.9. The Kier molecular flexibility index (Phi) is 6.27. The highest BCUT2D eigenvalue weighted by Crippen LogP contribution is 2.38. The van der Waals surface area contributed by atoms with Gasteiger partial charge in [-0.1, -0.05) is 46.6 Å². The molecule has 0 radical (unpaired) electrons. The number of carbonyl (C=O) groups excluding carboxylic acids is 2. The number of carbonyl (C=O) groups is 2. The van der Waals surface area contributed by atoms with Crippen LogP contribution in [0.5, 0.6) is 0 Å². The van der Waals surface area contributed by atoms with E-state index in [2.05, 4.69) is 26.6 Å². The van der Waals surface area contributed by atoms with Crippen LogP contribution in [-0.2, 0) is 9.59 Å². The molecule has 3 rings (SSSR count). The molecule has 26 heavy (non-hydrogen) atoms. The second-order valence-electron chi connectivity index (χ2n) is 6.02. The summed E-state index contributed by atoms with van der Waals surface area (Å²) in [6, 6.07) is 13.2. The quantitative estimate of drug-likeness (QED) is 0.656. The molecule has 136 valence electrons. The first kappa shape index (κ1) is 19.3. The third-order valence-corrected chi connectivity index (χ3v) is 6.19. The monoisotopic (exact) mass is 452 g/mol. The first-order valence-corrected chi connectivity index (χ1v) is 10.3. The van der Waals surface area contributed by atoms with Gasteiger partial charge in [0, 0.05) is 20.8 Å². The van der Waals surface area contributed by atoms with E-state index in [9.17, 15) is 9.59 Å². The van der Waals surface area contributed by atoms with Crippen LogP contribution in [0.3, 0.4) is 0 Å². The van der Waals surface area contributed by atoms with E-state index in [4.69, 9.17) is 11.6 Å². The van der Waals surface area contributed by atoms with Crippen molar-refractivity contribution in [2.75, 3.05) is 5.32 Å². The van der Waals surface area contributed by atoms with Crippen LogP contribution in [0.25, 0.3) is 0 Å². The number of benzene rings is 2. The van der Waals surface area contributed by atoms with Crippen molar-refractivity contribution < 1.29 is 9.59 Å². The number of nitrogens with one attached hydrogen (secondary N) is 2. The number of anilines is 1. The maximum atomic E-state index is 12.5. The molecule has 7 heteroatoms. The number of hydrogen-bond acceptors (Lipinski definition) is 3. The van der Waals surface area contributed by atoms with E-state index in [0.29, 0.717) is 10.7 Å². The summed E-state index contributed by atoms with van der Waals surface area (Å²) in [4.78, 5) is 25.7. The molecule has 1 aliphatic rings. The summed E-state index contributed by atoms with van der Waals surface area (Å²) in [5.74, 6) is -0.304. The third kappa shape index (κ3) is 4.61. The summed E-state index contributed by atoms with van der Waals surface area (Å²) >= 11 is 10.8. The Balaban J connectivity index is 1.64. The lowest BCUT2D eigenvalue weighted by molar-refractivity contribution is -0.124. The molecule has 0 saturated heterocycles. The third-order valence-electron chi connectivity index (χ3n) is 4.15. The smallest absolute Gasteiger partial charge is 0.238 e. The number of thioether (sulfide) groups is 1. The second kappa shape index (κ2) is 8.46. The van der Waals surface area contributed by atoms with Crippen LogP contribution < -0.4 is 10.6 Å². The van der Waals surface area contributed by atoms with Gasteiger partial charge in [-0.25, -0.2) is 0 Å². The van der Waals surface area contributed by atoms with Gasteiger partial charge in [0.25, 0.3) is 0 Å². The van der Waals surface area contributed by atoms with E-state index in [1.807, 2.05) is 37.3 Å². The molecule has 2 aromatic rings. The Morgan fingerprint density at radius 3 is 2.73 bits per heavy atom. The van der Waals surface area contributed by atoms with E-state index < -0.39 is 5.25 Å². The van der Waals surface area contributed by atoms with Gasteiger partial charge in [0.1, 0.15) is 0 Å². The van der Waals surface area contributed by atoms with Crippen LogP contribution in [0.1, 0.15) is 31.4 Å². The first-order chi connectivity index (χ1) is 12.5. The molecule has 0 fully saturated rings. The maximum absolute atomic E-state index is 12.5. The van der Waals surface area contributed by atoms with Crippen LogP contribution >= 0.6 is 39.3 Å². The zero-order valence-corrected chi connectivity index (χ0v) is 17.2. The highest BCUT2D eigenvalue weighted by molar-refractivity contribution is 9.10. The lowest BCUT2D eigenvalue weighted by atomic mass is 10.0. The topological polar surface area (TPSA) is 58.2 Å². The fraction of sp³-hybridized carbons (Fsp3) is 0.263. The summed E-state index contributed by atoms with van der Waals surface area (Å²) in [7, 11) is 0. The van der Waals surface area contributed by atoms with E-state index in [1.54, 1.807) is 12.1 Å². The van der Waals surface area contributed by atoms with Crippen molar-refractivity contribution in [1.29, 1.82) is 0 Å². The van der Waals surface area contributed by atoms with Crippen molar-refractivity contribution in [3.05, 3.63) is 57.5 Å². The van der Waals surface area contributed by atoms with E-state index in [0.717, 1.165) is 21.4 Å². The lowest BCUT2D eigenvalue weighted by Gasteiger charge is -2.25. The normalized spacial score (nSPS) is 17.2. The molecule has 4 nitrogen and oxygen atoms in total. The van der Waals surface area contributed by atoms with Crippen molar-refractivity contribution in [1.82, 2.24) is 5.32 Å². The Morgan fingerprint density at radius 2 is 2.04 bits per heavy atom. The molecule has 0 aromatic heterocycles. The van der Waals surface area contributed by atoms with Gasteiger partial charge in [-0.05, 0) is 42.3 Å². The van der Waals surface area contributed by atoms with Gasteiger partial charge in [-0.3, -0.25) is 9.59 Å². The minimum absolute atomic E-state index is 0.0710. The van der Waals surface area contributed by atoms with Gasteiger partial charge in [0.15, 0.2) is 0 Å². The van der Waals surface area contributed by atoms with Crippen molar-refractivity contribution >= 4 is 56.8 Å². The van der Waals surface area contributed by atoms with Crippen LogP contribution in [0, 0.1) is 0 Å². The fourth-order valence-corrected chi connectivity index (χ4v) is 4.32. The first-order valence-electron chi connectivity index (χ1n) is 8.28. The number of amides is 2. The van der Waals surface area contributed by atoms with E-state index >= 15 is 0 Å². The number of halogens is 2. The molecule has 2 aromatic carbocycles. The van der Waals surface area contributed by atoms with Gasteiger partial charge in [0.05, 0.1) is 17.0 Å². The molecule has 1 heterocycles. The predicted octanol–water partition coefficient (Wildman–Crippen LogP) is 5.17. The van der Waals surface area contributed by atoms with Crippen LogP contribution in [0.15, 0.2) is 51.8 Å². The summed E-state index contributed by atoms with van der Waals surface area (Å²) < 4.78 is 0.997. The standard InChI is InChI=1S/C19H18BrClN2O2S/c1-2-14(11-3-5-12(20)6-4-11)22-18(24)10-17-19(25)23-15-9-13(21)7-8-16(15)26-17/h3-9,14,17H,2,10H2,1H3,(H,22,24)(H,23,25). The fourth-order valence-electron chi connectivity index (χ4n) is 2.79. The molecule has 0 aliphatic carbocycles. The zero-order chi connectivity index (χ0) is 18.7. The molecule has 0 saturated carbocycles. The van der Waals surface area contributed by atoms with E-state index in [1.165, 1.54) is 11.8 Å². The maximum Gasteiger partial charge on any atom is 0.238 e. The number of fused-ring (bicyclic) bond motifs is 1. The summed E-state index contributed by atoms with van der Waals surface area (Å²) in [6.07, 6.45) is 0.907. The van der Waals surface area contributed by atoms with Crippen molar-refractivity contribution in [3.8, 4) is 0 Å². The zero-order valence-electron chi connectivity index (χ0n) is 14.1. The summed E-state index contributed by atoms with van der Waals surface area (Å²) in [6.45, 7) is 2.02. The van der Waals surface area contributed by atoms with Gasteiger partial charge >= 0.3 is 0 Å². The average molecular weight is 454 g/mol. The van der Waals surface area contributed by atoms with E-state index in [-0.39, 0.29) is 24.3 Å². The molecule has 2 atom stereocenters. The van der Waals surface area contributed by atoms with Gasteiger partial charge in [-0.15, -0.1) is 11.8 Å². The molecule has 0 bridgehead atoms. The van der Waals surface area contributed by atoms with Crippen LogP contribution in [0.4, 0.5) is 5.69 Å². The Hall–Kier alpha value is -1.50. The minimum Gasteiger partial charge on any atom is -0.349 e. The Bertz CT molecular complexity index is 829. The number of hydrogen-bond donors (Lipinski definition) is 2. The minimum atomic E-state index is -0.453. The molecule has 1 aliphatic heterocycles. The highest BCUT2D eigenvalue weighted by Gasteiger charge is 2.29. The number of rotatable bonds is 5. The molecule has 2 unspecified atom stereocenters. The Labute approximate surface area is 170 Å². The summed E-state index contributed by atoms with van der Waals surface area (Å²) in [5.41, 5.74) is 1.75. The van der Waals surface area contributed by atoms with Crippen LogP contribution in [0.2, 0.25) is 5.02 Å². The van der Waals surface area contributed by atoms with Gasteiger partial charge in [0.2, 0.25) is 11.8 Å². The average Bonchev–Trinajstić information content (AvgIpc) is 2.61. The van der Waals surface area contributed by atoms with Gasteiger partial charge in [-0.2, -0.15) is 0 Å². The SMILES string of the molecule is CCC(NC(=O)CC1Sc2ccc(Cl)cc2NC1=O)c1ccc(Br)cc1. The van der Waals surface area contributed by atoms with Crippen molar-refractivity contribution in [2.45, 2.75) is 36.0 Å². The lowest BCUT2D eigenvalue weighted by Crippen LogP contribution is -2.36. The largest absolute Gasteiger partial charge is 0.349 e. The Morgan fingerprint density at radius 1 is 1.31 bits per heavy atom. The summed E-state index contributed by atoms with van der Waals surface area (Å²) in [5, 5.41) is 5.98. The van der Waals surface area contributed by atoms with Crippen LogP contribution in [-0.4, -0.2) is 17.1 Å². The molecule has 2 amide bonds. The molecule has 0 spiro atoms. The van der Waals surface area contributed by atoms with Gasteiger partial charge < -0.3 is 10.6 Å². The molecular formula is C19H18BrClN2O2S. The van der Waals surface area contributed by atoms with Crippen molar-refractivity contribution in [2.24, 2.45) is 0 Å². The second-order valence-corrected chi connectivity index (χ2v) is 8.62. The molecular weight excluding hydrogens is 436 g/mol. The van der Waals surface area contributed by atoms with Crippen molar-refractivity contribution in [3.63, 3.8) is 0 Å².